The van der Waals surface area contributed by atoms with Gasteiger partial charge in [0, 0.05) is 22.2 Å². The molecular weight excluding hydrogens is 365 g/mol. The summed E-state index contributed by atoms with van der Waals surface area (Å²) in [6.07, 6.45) is 0.993. The van der Waals surface area contributed by atoms with E-state index in [2.05, 4.69) is 59.3 Å². The van der Waals surface area contributed by atoms with E-state index in [1.54, 1.807) is 0 Å². The fourth-order valence-electron chi connectivity index (χ4n) is 1.68. The first-order valence-electron chi connectivity index (χ1n) is 6.97. The molecule has 0 bridgehead atoms. The van der Waals surface area contributed by atoms with Crippen LogP contribution in [0, 0.1) is 3.57 Å². The van der Waals surface area contributed by atoms with Crippen molar-refractivity contribution in [3.8, 4) is 0 Å². The molecule has 112 valence electrons. The van der Waals surface area contributed by atoms with Gasteiger partial charge < -0.3 is 16.0 Å². The average molecular weight is 390 g/mol. The van der Waals surface area contributed by atoms with Crippen LogP contribution in [0.5, 0.6) is 0 Å². The minimum absolute atomic E-state index is 0.0410. The predicted octanol–water partition coefficient (Wildman–Crippen LogP) is 1.57. The van der Waals surface area contributed by atoms with Gasteiger partial charge in [-0.2, -0.15) is 0 Å². The zero-order valence-electron chi connectivity index (χ0n) is 12.5. The summed E-state index contributed by atoms with van der Waals surface area (Å²) in [4.78, 5) is 11.7. The highest BCUT2D eigenvalue weighted by Crippen LogP contribution is 2.10. The van der Waals surface area contributed by atoms with Crippen molar-refractivity contribution in [2.75, 3.05) is 25.0 Å². The first kappa shape index (κ1) is 17.2. The molecule has 4 N–H and O–H groups in total. The molecule has 0 unspecified atom stereocenters. The number of nitrogens with one attached hydrogen (secondary N) is 2. The Morgan fingerprint density at radius 1 is 1.25 bits per heavy atom. The van der Waals surface area contributed by atoms with Crippen molar-refractivity contribution in [1.82, 2.24) is 5.32 Å². The van der Waals surface area contributed by atoms with Gasteiger partial charge in [-0.3, -0.25) is 4.79 Å². The van der Waals surface area contributed by atoms with E-state index in [4.69, 9.17) is 0 Å². The average Bonchev–Trinajstić information content (AvgIpc) is 2.36. The molecule has 0 aliphatic rings. The van der Waals surface area contributed by atoms with Crippen molar-refractivity contribution in [1.29, 1.82) is 0 Å². The molecular formula is C15H25IN3O+. The zero-order valence-corrected chi connectivity index (χ0v) is 14.7. The van der Waals surface area contributed by atoms with Gasteiger partial charge in [-0.15, -0.1) is 0 Å². The fraction of sp³-hybridized carbons (Fsp3) is 0.533. The van der Waals surface area contributed by atoms with Gasteiger partial charge in [-0.25, -0.2) is 0 Å². The number of quaternary nitrogens is 1. The number of benzene rings is 1. The van der Waals surface area contributed by atoms with E-state index < -0.39 is 0 Å². The quantitative estimate of drug-likeness (QED) is 0.489. The van der Waals surface area contributed by atoms with E-state index in [1.807, 2.05) is 24.3 Å². The first-order chi connectivity index (χ1) is 9.37. The summed E-state index contributed by atoms with van der Waals surface area (Å²) in [6, 6.07) is 7.99. The maximum absolute atomic E-state index is 11.7. The molecule has 0 aliphatic carbocycles. The summed E-state index contributed by atoms with van der Waals surface area (Å²) in [7, 11) is 0. The van der Waals surface area contributed by atoms with Crippen molar-refractivity contribution < 1.29 is 10.1 Å². The molecule has 20 heavy (non-hydrogen) atoms. The molecule has 0 radical (unpaired) electrons. The molecule has 0 heterocycles. The van der Waals surface area contributed by atoms with Gasteiger partial charge >= 0.3 is 0 Å². The number of amides is 1. The van der Waals surface area contributed by atoms with Crippen LogP contribution in [0.1, 0.15) is 27.2 Å². The molecule has 0 atom stereocenters. The van der Waals surface area contributed by atoms with Gasteiger partial charge in [0.25, 0.3) is 0 Å². The molecule has 0 fully saturated rings. The molecule has 1 amide bonds. The van der Waals surface area contributed by atoms with Gasteiger partial charge in [0.1, 0.15) is 0 Å². The van der Waals surface area contributed by atoms with Gasteiger partial charge in [-0.1, -0.05) is 0 Å². The van der Waals surface area contributed by atoms with Gasteiger partial charge in [0.05, 0.1) is 18.6 Å². The van der Waals surface area contributed by atoms with Crippen LogP contribution in [0.15, 0.2) is 24.3 Å². The third-order valence-corrected chi connectivity index (χ3v) is 3.48. The van der Waals surface area contributed by atoms with Crippen LogP contribution in [0.2, 0.25) is 0 Å². The summed E-state index contributed by atoms with van der Waals surface area (Å²) in [5.74, 6) is 0.0410. The number of hydrogen-bond donors (Lipinski definition) is 3. The largest absolute Gasteiger partial charge is 0.376 e. The van der Waals surface area contributed by atoms with Crippen molar-refractivity contribution >= 4 is 34.2 Å². The van der Waals surface area contributed by atoms with Crippen LogP contribution in [0.3, 0.4) is 0 Å². The van der Waals surface area contributed by atoms with Crippen molar-refractivity contribution in [2.45, 2.75) is 32.7 Å². The molecule has 0 aliphatic heterocycles. The Hall–Kier alpha value is -0.820. The maximum atomic E-state index is 11.7. The van der Waals surface area contributed by atoms with Crippen molar-refractivity contribution in [2.24, 2.45) is 0 Å². The number of hydrogen-bond acceptors (Lipinski definition) is 2. The van der Waals surface area contributed by atoms with E-state index in [0.29, 0.717) is 6.54 Å². The molecule has 0 spiro atoms. The molecule has 0 saturated carbocycles. The predicted molar refractivity (Wildman–Crippen MR) is 91.8 cm³/mol. The topological polar surface area (TPSA) is 57.7 Å². The second-order valence-electron chi connectivity index (χ2n) is 5.92. The Labute approximate surface area is 135 Å². The Kier molecular flexibility index (Phi) is 7.29. The number of nitrogens with two attached hydrogens (primary N) is 1. The number of rotatable bonds is 7. The minimum Gasteiger partial charge on any atom is -0.376 e. The minimum atomic E-state index is 0.0410. The number of carbonyl (C=O) groups is 1. The molecule has 5 heteroatoms. The van der Waals surface area contributed by atoms with Crippen LogP contribution in [0.25, 0.3) is 0 Å². The Morgan fingerprint density at radius 2 is 1.90 bits per heavy atom. The maximum Gasteiger partial charge on any atom is 0.239 e. The van der Waals surface area contributed by atoms with E-state index in [-0.39, 0.29) is 11.4 Å². The van der Waals surface area contributed by atoms with Crippen LogP contribution in [-0.2, 0) is 4.79 Å². The Bertz CT molecular complexity index is 412. The van der Waals surface area contributed by atoms with E-state index >= 15 is 0 Å². The van der Waals surface area contributed by atoms with Crippen molar-refractivity contribution in [3.05, 3.63) is 27.8 Å². The number of carbonyl (C=O) groups excluding carboxylic acids is 1. The third-order valence-electron chi connectivity index (χ3n) is 2.76. The summed E-state index contributed by atoms with van der Waals surface area (Å²) in [5, 5.41) is 8.34. The summed E-state index contributed by atoms with van der Waals surface area (Å²) < 4.78 is 1.19. The fourth-order valence-corrected chi connectivity index (χ4v) is 2.04. The standard InChI is InChI=1S/C15H24IN3O/c1-15(2,3)19-10-4-9-17-14(20)11-18-13-7-5-12(16)6-8-13/h5-8,18-19H,4,9-11H2,1-3H3,(H,17,20)/p+1. The lowest BCUT2D eigenvalue weighted by Crippen LogP contribution is -2.94. The first-order valence-corrected chi connectivity index (χ1v) is 8.05. The zero-order chi connectivity index (χ0) is 15.0. The SMILES string of the molecule is CC(C)(C)[NH2+]CCCNC(=O)CNc1ccc(I)cc1. The highest BCUT2D eigenvalue weighted by molar-refractivity contribution is 14.1. The molecule has 1 aromatic rings. The molecule has 0 aromatic heterocycles. The van der Waals surface area contributed by atoms with Crippen LogP contribution in [0.4, 0.5) is 5.69 Å². The van der Waals surface area contributed by atoms with E-state index in [1.165, 1.54) is 3.57 Å². The summed E-state index contributed by atoms with van der Waals surface area (Å²) >= 11 is 2.26. The van der Waals surface area contributed by atoms with Gasteiger partial charge in [-0.05, 0) is 67.6 Å². The van der Waals surface area contributed by atoms with E-state index in [0.717, 1.165) is 25.2 Å². The molecule has 1 rings (SSSR count). The highest BCUT2D eigenvalue weighted by Gasteiger charge is 2.11. The van der Waals surface area contributed by atoms with Crippen LogP contribution >= 0.6 is 22.6 Å². The summed E-state index contributed by atoms with van der Waals surface area (Å²) in [6.45, 7) is 8.67. The number of anilines is 1. The van der Waals surface area contributed by atoms with Gasteiger partial charge in [0.2, 0.25) is 5.91 Å². The Morgan fingerprint density at radius 3 is 2.50 bits per heavy atom. The van der Waals surface area contributed by atoms with Crippen LogP contribution < -0.4 is 16.0 Å². The Balaban J connectivity index is 2.10. The third kappa shape index (κ3) is 8.37. The normalized spacial score (nSPS) is 11.2. The lowest BCUT2D eigenvalue weighted by molar-refractivity contribution is -0.717. The van der Waals surface area contributed by atoms with Crippen molar-refractivity contribution in [3.63, 3.8) is 0 Å². The second-order valence-corrected chi connectivity index (χ2v) is 7.17. The molecule has 1 aromatic carbocycles. The van der Waals surface area contributed by atoms with E-state index in [9.17, 15) is 4.79 Å². The lowest BCUT2D eigenvalue weighted by atomic mass is 10.1. The highest BCUT2D eigenvalue weighted by atomic mass is 127. The summed E-state index contributed by atoms with van der Waals surface area (Å²) in [5.41, 5.74) is 1.23. The number of halogens is 1. The second kappa shape index (κ2) is 8.46. The lowest BCUT2D eigenvalue weighted by Gasteiger charge is -2.16. The smallest absolute Gasteiger partial charge is 0.239 e. The molecule has 0 saturated heterocycles. The molecule has 4 nitrogen and oxygen atoms in total. The monoisotopic (exact) mass is 390 g/mol. The van der Waals surface area contributed by atoms with Gasteiger partial charge in [0.15, 0.2) is 0 Å². The van der Waals surface area contributed by atoms with Crippen LogP contribution in [-0.4, -0.2) is 31.1 Å².